The zero-order valence-electron chi connectivity index (χ0n) is 9.18. The molecule has 1 aliphatic carbocycles. The van der Waals surface area contributed by atoms with Crippen molar-refractivity contribution in [2.45, 2.75) is 12.8 Å². The number of nitrogens with one attached hydrogen (secondary N) is 1. The molecular weight excluding hydrogens is 204 g/mol. The molecule has 0 unspecified atom stereocenters. The second-order valence-corrected chi connectivity index (χ2v) is 4.09. The molecule has 0 bridgehead atoms. The van der Waals surface area contributed by atoms with Crippen molar-refractivity contribution in [1.29, 1.82) is 0 Å². The van der Waals surface area contributed by atoms with Crippen LogP contribution in [-0.2, 0) is 0 Å². The van der Waals surface area contributed by atoms with Gasteiger partial charge in [-0.05, 0) is 18.8 Å². The van der Waals surface area contributed by atoms with Crippen molar-refractivity contribution < 1.29 is 4.74 Å². The van der Waals surface area contributed by atoms with Crippen LogP contribution in [0.25, 0.3) is 5.65 Å². The van der Waals surface area contributed by atoms with Crippen LogP contribution in [0, 0.1) is 5.92 Å². The highest BCUT2D eigenvalue weighted by atomic mass is 16.5. The highest BCUT2D eigenvalue weighted by Crippen LogP contribution is 2.30. The van der Waals surface area contributed by atoms with Crippen LogP contribution in [-0.4, -0.2) is 28.0 Å². The van der Waals surface area contributed by atoms with E-state index < -0.39 is 0 Å². The lowest BCUT2D eigenvalue weighted by Crippen LogP contribution is -2.05. The summed E-state index contributed by atoms with van der Waals surface area (Å²) in [6.45, 7) is 0.753. The average Bonchev–Trinajstić information content (AvgIpc) is 3.02. The largest absolute Gasteiger partial charge is 0.475 e. The standard InChI is InChI=1S/C11H14N4O/c1-12-9-6-15-5-4-13-10(15)11(14-9)16-7-8-2-3-8/h4-6,8,12H,2-3,7H2,1H3. The highest BCUT2D eigenvalue weighted by Gasteiger charge is 2.22. The summed E-state index contributed by atoms with van der Waals surface area (Å²) in [5.41, 5.74) is 0.777. The molecule has 2 aromatic rings. The van der Waals surface area contributed by atoms with Crippen molar-refractivity contribution in [3.05, 3.63) is 18.6 Å². The first-order valence-corrected chi connectivity index (χ1v) is 5.51. The zero-order chi connectivity index (χ0) is 11.0. The Morgan fingerprint density at radius 3 is 3.19 bits per heavy atom. The Labute approximate surface area is 93.5 Å². The predicted octanol–water partition coefficient (Wildman–Crippen LogP) is 1.56. The van der Waals surface area contributed by atoms with Crippen molar-refractivity contribution in [3.63, 3.8) is 0 Å². The molecule has 0 aromatic carbocycles. The van der Waals surface area contributed by atoms with Crippen molar-refractivity contribution in [3.8, 4) is 5.88 Å². The molecule has 0 spiro atoms. The number of fused-ring (bicyclic) bond motifs is 1. The van der Waals surface area contributed by atoms with Crippen LogP contribution in [0.1, 0.15) is 12.8 Å². The normalized spacial score (nSPS) is 15.3. The number of hydrogen-bond donors (Lipinski definition) is 1. The Bertz CT molecular complexity index is 504. The molecule has 5 nitrogen and oxygen atoms in total. The summed E-state index contributed by atoms with van der Waals surface area (Å²) in [6.07, 6.45) is 8.08. The van der Waals surface area contributed by atoms with Gasteiger partial charge in [-0.2, -0.15) is 4.98 Å². The molecule has 5 heteroatoms. The van der Waals surface area contributed by atoms with E-state index in [-0.39, 0.29) is 0 Å². The molecular formula is C11H14N4O. The summed E-state index contributed by atoms with van der Waals surface area (Å²) >= 11 is 0. The van der Waals surface area contributed by atoms with Gasteiger partial charge in [0.25, 0.3) is 5.88 Å². The van der Waals surface area contributed by atoms with E-state index >= 15 is 0 Å². The number of ether oxygens (including phenoxy) is 1. The van der Waals surface area contributed by atoms with E-state index in [0.717, 1.165) is 24.0 Å². The zero-order valence-corrected chi connectivity index (χ0v) is 9.18. The smallest absolute Gasteiger partial charge is 0.260 e. The van der Waals surface area contributed by atoms with E-state index in [0.29, 0.717) is 5.88 Å². The summed E-state index contributed by atoms with van der Waals surface area (Å²) in [6, 6.07) is 0. The van der Waals surface area contributed by atoms with E-state index in [1.807, 2.05) is 23.8 Å². The molecule has 2 aromatic heterocycles. The Hall–Kier alpha value is -1.78. The molecule has 1 aliphatic rings. The first-order chi connectivity index (χ1) is 7.86. The van der Waals surface area contributed by atoms with Gasteiger partial charge in [0.15, 0.2) is 0 Å². The van der Waals surface area contributed by atoms with Crippen molar-refractivity contribution in [2.24, 2.45) is 5.92 Å². The lowest BCUT2D eigenvalue weighted by atomic mass is 10.5. The number of hydrogen-bond acceptors (Lipinski definition) is 4. The van der Waals surface area contributed by atoms with Crippen LogP contribution in [0.2, 0.25) is 0 Å². The molecule has 2 heterocycles. The Morgan fingerprint density at radius 1 is 1.56 bits per heavy atom. The maximum atomic E-state index is 5.71. The van der Waals surface area contributed by atoms with E-state index in [9.17, 15) is 0 Å². The minimum absolute atomic E-state index is 0.615. The van der Waals surface area contributed by atoms with Gasteiger partial charge in [-0.1, -0.05) is 0 Å². The van der Waals surface area contributed by atoms with Crippen LogP contribution in [0.3, 0.4) is 0 Å². The monoisotopic (exact) mass is 218 g/mol. The average molecular weight is 218 g/mol. The number of anilines is 1. The number of nitrogens with zero attached hydrogens (tertiary/aromatic N) is 3. The van der Waals surface area contributed by atoms with E-state index in [1.165, 1.54) is 12.8 Å². The summed E-state index contributed by atoms with van der Waals surface area (Å²) in [5, 5.41) is 3.01. The van der Waals surface area contributed by atoms with Gasteiger partial charge in [-0.3, -0.25) is 4.40 Å². The Kier molecular flexibility index (Phi) is 2.16. The molecule has 0 saturated heterocycles. The van der Waals surface area contributed by atoms with Gasteiger partial charge in [-0.15, -0.1) is 0 Å². The fraction of sp³-hybridized carbons (Fsp3) is 0.455. The summed E-state index contributed by atoms with van der Waals surface area (Å²) < 4.78 is 7.63. The molecule has 0 aliphatic heterocycles. The number of rotatable bonds is 4. The molecule has 1 saturated carbocycles. The molecule has 1 N–H and O–H groups in total. The fourth-order valence-corrected chi connectivity index (χ4v) is 1.60. The maximum absolute atomic E-state index is 5.71. The molecule has 16 heavy (non-hydrogen) atoms. The quantitative estimate of drug-likeness (QED) is 0.846. The van der Waals surface area contributed by atoms with Gasteiger partial charge in [0.2, 0.25) is 5.65 Å². The van der Waals surface area contributed by atoms with Crippen LogP contribution in [0.4, 0.5) is 5.82 Å². The minimum Gasteiger partial charge on any atom is -0.475 e. The third-order valence-corrected chi connectivity index (χ3v) is 2.75. The van der Waals surface area contributed by atoms with Crippen LogP contribution in [0.5, 0.6) is 5.88 Å². The molecule has 0 amide bonds. The van der Waals surface area contributed by atoms with Gasteiger partial charge < -0.3 is 10.1 Å². The van der Waals surface area contributed by atoms with Gasteiger partial charge in [0.05, 0.1) is 12.8 Å². The van der Waals surface area contributed by atoms with Crippen molar-refractivity contribution in [1.82, 2.24) is 14.4 Å². The fourth-order valence-electron chi connectivity index (χ4n) is 1.60. The summed E-state index contributed by atoms with van der Waals surface area (Å²) in [7, 11) is 1.84. The van der Waals surface area contributed by atoms with Crippen LogP contribution in [0.15, 0.2) is 18.6 Å². The van der Waals surface area contributed by atoms with Crippen molar-refractivity contribution in [2.75, 3.05) is 19.0 Å². The van der Waals surface area contributed by atoms with Crippen molar-refractivity contribution >= 4 is 11.5 Å². The van der Waals surface area contributed by atoms with Gasteiger partial charge in [-0.25, -0.2) is 4.98 Å². The predicted molar refractivity (Wildman–Crippen MR) is 60.8 cm³/mol. The molecule has 3 rings (SSSR count). The van der Waals surface area contributed by atoms with E-state index in [2.05, 4.69) is 15.3 Å². The number of aromatic nitrogens is 3. The van der Waals surface area contributed by atoms with E-state index in [1.54, 1.807) is 6.20 Å². The Balaban J connectivity index is 1.94. The molecule has 1 fully saturated rings. The third-order valence-electron chi connectivity index (χ3n) is 2.75. The summed E-state index contributed by atoms with van der Waals surface area (Å²) in [4.78, 5) is 8.61. The SMILES string of the molecule is CNc1cn2ccnc2c(OCC2CC2)n1. The van der Waals surface area contributed by atoms with Crippen LogP contribution < -0.4 is 10.1 Å². The second-order valence-electron chi connectivity index (χ2n) is 4.09. The topological polar surface area (TPSA) is 51.5 Å². The minimum atomic E-state index is 0.615. The van der Waals surface area contributed by atoms with Gasteiger partial charge in [0, 0.05) is 19.4 Å². The van der Waals surface area contributed by atoms with Crippen LogP contribution >= 0.6 is 0 Å². The molecule has 0 radical (unpaired) electrons. The van der Waals surface area contributed by atoms with E-state index in [4.69, 9.17) is 4.74 Å². The molecule has 84 valence electrons. The number of imidazole rings is 1. The lowest BCUT2D eigenvalue weighted by Gasteiger charge is -2.07. The third kappa shape index (κ3) is 1.68. The Morgan fingerprint density at radius 2 is 2.44 bits per heavy atom. The molecule has 0 atom stereocenters. The van der Waals surface area contributed by atoms with Gasteiger partial charge in [0.1, 0.15) is 5.82 Å². The summed E-state index contributed by atoms with van der Waals surface area (Å²) in [5.74, 6) is 2.12. The first-order valence-electron chi connectivity index (χ1n) is 5.51. The lowest BCUT2D eigenvalue weighted by molar-refractivity contribution is 0.291. The highest BCUT2D eigenvalue weighted by molar-refractivity contribution is 5.53. The first kappa shape index (κ1) is 9.45. The second kappa shape index (κ2) is 3.66. The maximum Gasteiger partial charge on any atom is 0.260 e. The van der Waals surface area contributed by atoms with Gasteiger partial charge >= 0.3 is 0 Å².